The van der Waals surface area contributed by atoms with E-state index in [0.717, 1.165) is 48.7 Å². The van der Waals surface area contributed by atoms with Crippen molar-refractivity contribution in [2.24, 2.45) is 5.92 Å². The summed E-state index contributed by atoms with van der Waals surface area (Å²) in [6.07, 6.45) is 2.67. The summed E-state index contributed by atoms with van der Waals surface area (Å²) in [5.41, 5.74) is 2.02. The van der Waals surface area contributed by atoms with E-state index in [1.54, 1.807) is 11.3 Å². The molecule has 2 aliphatic heterocycles. The third-order valence-electron chi connectivity index (χ3n) is 6.64. The zero-order valence-electron chi connectivity index (χ0n) is 17.2. The lowest BCUT2D eigenvalue weighted by molar-refractivity contribution is -0.139. The van der Waals surface area contributed by atoms with E-state index in [-0.39, 0.29) is 23.8 Å². The van der Waals surface area contributed by atoms with Crippen LogP contribution in [0.5, 0.6) is 0 Å². The first-order chi connectivity index (χ1) is 14.6. The van der Waals surface area contributed by atoms with E-state index in [4.69, 9.17) is 0 Å². The monoisotopic (exact) mass is 418 g/mol. The summed E-state index contributed by atoms with van der Waals surface area (Å²) < 4.78 is 0. The lowest BCUT2D eigenvalue weighted by Crippen LogP contribution is -2.48. The van der Waals surface area contributed by atoms with Crippen LogP contribution in [0.1, 0.15) is 46.6 Å². The molecule has 0 bridgehead atoms. The molecule has 2 aromatic carbocycles. The van der Waals surface area contributed by atoms with Crippen LogP contribution in [-0.4, -0.2) is 41.2 Å². The minimum Gasteiger partial charge on any atom is -0.338 e. The van der Waals surface area contributed by atoms with Gasteiger partial charge in [-0.1, -0.05) is 36.4 Å². The Balaban J connectivity index is 1.35. The van der Waals surface area contributed by atoms with Gasteiger partial charge in [-0.2, -0.15) is 0 Å². The van der Waals surface area contributed by atoms with Gasteiger partial charge in [0.25, 0.3) is 5.91 Å². The number of nitrogens with zero attached hydrogens (tertiary/aromatic N) is 2. The largest absolute Gasteiger partial charge is 0.338 e. The smallest absolute Gasteiger partial charge is 0.254 e. The SMILES string of the molecule is C[C@@H]1c2ccsc2CCN1C(=O)[C@@H]1CCCN(C(=O)c2cccc3ccccc23)C1. The van der Waals surface area contributed by atoms with Crippen LogP contribution in [0.2, 0.25) is 0 Å². The summed E-state index contributed by atoms with van der Waals surface area (Å²) in [4.78, 5) is 32.1. The van der Waals surface area contributed by atoms with E-state index in [1.165, 1.54) is 10.4 Å². The molecule has 0 N–H and O–H groups in total. The van der Waals surface area contributed by atoms with Crippen molar-refractivity contribution in [3.8, 4) is 0 Å². The molecule has 5 rings (SSSR count). The molecule has 3 aromatic rings. The number of carbonyl (C=O) groups is 2. The van der Waals surface area contributed by atoms with Crippen molar-refractivity contribution in [2.45, 2.75) is 32.2 Å². The van der Waals surface area contributed by atoms with E-state index in [0.29, 0.717) is 6.54 Å². The lowest BCUT2D eigenvalue weighted by Gasteiger charge is -2.39. The van der Waals surface area contributed by atoms with Gasteiger partial charge in [-0.3, -0.25) is 9.59 Å². The Morgan fingerprint density at radius 2 is 1.87 bits per heavy atom. The molecule has 5 heteroatoms. The van der Waals surface area contributed by atoms with Gasteiger partial charge in [-0.05, 0) is 60.0 Å². The fourth-order valence-electron chi connectivity index (χ4n) is 4.99. The molecule has 1 fully saturated rings. The van der Waals surface area contributed by atoms with Crippen LogP contribution in [0.15, 0.2) is 53.9 Å². The van der Waals surface area contributed by atoms with Gasteiger partial charge in [0.2, 0.25) is 5.91 Å². The van der Waals surface area contributed by atoms with Gasteiger partial charge >= 0.3 is 0 Å². The summed E-state index contributed by atoms with van der Waals surface area (Å²) >= 11 is 1.79. The second-order valence-corrected chi connectivity index (χ2v) is 9.37. The van der Waals surface area contributed by atoms with Crippen LogP contribution >= 0.6 is 11.3 Å². The van der Waals surface area contributed by atoms with E-state index >= 15 is 0 Å². The number of carbonyl (C=O) groups excluding carboxylic acids is 2. The van der Waals surface area contributed by atoms with Crippen LogP contribution < -0.4 is 0 Å². The molecule has 154 valence electrons. The number of thiophene rings is 1. The number of hydrogen-bond acceptors (Lipinski definition) is 3. The van der Waals surface area contributed by atoms with Crippen molar-refractivity contribution >= 4 is 33.9 Å². The maximum atomic E-state index is 13.4. The normalized spacial score (nSPS) is 21.5. The Morgan fingerprint density at radius 1 is 1.03 bits per heavy atom. The molecule has 0 unspecified atom stereocenters. The second kappa shape index (κ2) is 7.88. The maximum absolute atomic E-state index is 13.4. The van der Waals surface area contributed by atoms with Gasteiger partial charge in [-0.15, -0.1) is 11.3 Å². The van der Waals surface area contributed by atoms with Gasteiger partial charge in [0.1, 0.15) is 0 Å². The zero-order valence-corrected chi connectivity index (χ0v) is 18.0. The second-order valence-electron chi connectivity index (χ2n) is 8.37. The van der Waals surface area contributed by atoms with Crippen LogP contribution in [0.25, 0.3) is 10.8 Å². The number of benzene rings is 2. The lowest BCUT2D eigenvalue weighted by atomic mass is 9.92. The average Bonchev–Trinajstić information content (AvgIpc) is 3.28. The van der Waals surface area contributed by atoms with E-state index in [9.17, 15) is 9.59 Å². The van der Waals surface area contributed by atoms with Crippen molar-refractivity contribution in [3.05, 3.63) is 69.9 Å². The highest BCUT2D eigenvalue weighted by atomic mass is 32.1. The van der Waals surface area contributed by atoms with Crippen LogP contribution in [0.4, 0.5) is 0 Å². The molecule has 2 aliphatic rings. The Morgan fingerprint density at radius 3 is 2.77 bits per heavy atom. The first-order valence-electron chi connectivity index (χ1n) is 10.8. The van der Waals surface area contributed by atoms with Gasteiger partial charge in [0.15, 0.2) is 0 Å². The predicted molar refractivity (Wildman–Crippen MR) is 121 cm³/mol. The highest BCUT2D eigenvalue weighted by molar-refractivity contribution is 7.10. The van der Waals surface area contributed by atoms with Crippen molar-refractivity contribution < 1.29 is 9.59 Å². The zero-order chi connectivity index (χ0) is 20.7. The summed E-state index contributed by atoms with van der Waals surface area (Å²) in [6.45, 7) is 4.14. The standard InChI is InChI=1S/C25H26N2O2S/c1-17-20-12-15-30-23(20)11-14-27(17)24(28)19-8-5-13-26(16-19)25(29)22-10-4-7-18-6-2-3-9-21(18)22/h2-4,6-7,9-10,12,15,17,19H,5,8,11,13-14,16H2,1H3/t17-,19-/m1/s1. The molecule has 0 radical (unpaired) electrons. The van der Waals surface area contributed by atoms with Crippen molar-refractivity contribution in [3.63, 3.8) is 0 Å². The molecule has 0 aliphatic carbocycles. The van der Waals surface area contributed by atoms with Gasteiger partial charge in [0, 0.05) is 30.1 Å². The Kier molecular flexibility index (Phi) is 5.07. The number of hydrogen-bond donors (Lipinski definition) is 0. The molecule has 4 nitrogen and oxygen atoms in total. The summed E-state index contributed by atoms with van der Waals surface area (Å²) in [5.74, 6) is 0.131. The molecule has 0 saturated carbocycles. The molecule has 2 amide bonds. The molecule has 2 atom stereocenters. The van der Waals surface area contributed by atoms with Gasteiger partial charge in [0.05, 0.1) is 12.0 Å². The van der Waals surface area contributed by atoms with Gasteiger partial charge in [-0.25, -0.2) is 0 Å². The number of rotatable bonds is 2. The Hall–Kier alpha value is -2.66. The van der Waals surface area contributed by atoms with Crippen molar-refractivity contribution in [2.75, 3.05) is 19.6 Å². The first kappa shape index (κ1) is 19.3. The Labute approximate surface area is 181 Å². The maximum Gasteiger partial charge on any atom is 0.254 e. The highest BCUT2D eigenvalue weighted by Gasteiger charge is 2.36. The fourth-order valence-corrected chi connectivity index (χ4v) is 5.95. The van der Waals surface area contributed by atoms with Crippen LogP contribution in [-0.2, 0) is 11.2 Å². The van der Waals surface area contributed by atoms with E-state index in [2.05, 4.69) is 18.4 Å². The Bertz CT molecular complexity index is 1100. The summed E-state index contributed by atoms with van der Waals surface area (Å²) in [5, 5.41) is 4.18. The molecule has 0 spiro atoms. The minimum absolute atomic E-state index is 0.0381. The number of likely N-dealkylation sites (tertiary alicyclic amines) is 1. The average molecular weight is 419 g/mol. The molecule has 1 saturated heterocycles. The van der Waals surface area contributed by atoms with E-state index < -0.39 is 0 Å². The predicted octanol–water partition coefficient (Wildman–Crippen LogP) is 4.90. The van der Waals surface area contributed by atoms with Crippen LogP contribution in [0, 0.1) is 5.92 Å². The third-order valence-corrected chi connectivity index (χ3v) is 7.63. The van der Waals surface area contributed by atoms with E-state index in [1.807, 2.05) is 52.3 Å². The third kappa shape index (κ3) is 3.31. The topological polar surface area (TPSA) is 40.6 Å². The fraction of sp³-hybridized carbons (Fsp3) is 0.360. The first-order valence-corrected chi connectivity index (χ1v) is 11.6. The summed E-state index contributed by atoms with van der Waals surface area (Å²) in [6, 6.07) is 16.2. The molecule has 30 heavy (non-hydrogen) atoms. The number of fused-ring (bicyclic) bond motifs is 2. The van der Waals surface area contributed by atoms with Crippen molar-refractivity contribution in [1.82, 2.24) is 9.80 Å². The molecular formula is C25H26N2O2S. The molecule has 3 heterocycles. The molecule has 1 aromatic heterocycles. The highest BCUT2D eigenvalue weighted by Crippen LogP contribution is 2.35. The van der Waals surface area contributed by atoms with Crippen LogP contribution in [0.3, 0.4) is 0 Å². The summed E-state index contributed by atoms with van der Waals surface area (Å²) in [7, 11) is 0. The number of amides is 2. The van der Waals surface area contributed by atoms with Gasteiger partial charge < -0.3 is 9.80 Å². The quantitative estimate of drug-likeness (QED) is 0.594. The number of piperidine rings is 1. The minimum atomic E-state index is -0.111. The molecular weight excluding hydrogens is 392 g/mol. The van der Waals surface area contributed by atoms with Crippen molar-refractivity contribution in [1.29, 1.82) is 0 Å².